The van der Waals surface area contributed by atoms with Gasteiger partial charge in [0.25, 0.3) is 0 Å². The first-order valence-electron chi connectivity index (χ1n) is 4.71. The molecule has 0 aliphatic rings. The third-order valence-electron chi connectivity index (χ3n) is 2.20. The SMILES string of the molecule is N[C@H](CCC(F)(F)F)c1cc(Cl)cc(Cl)c1O. The van der Waals surface area contributed by atoms with Gasteiger partial charge in [0, 0.05) is 23.0 Å². The summed E-state index contributed by atoms with van der Waals surface area (Å²) in [6.45, 7) is 0. The van der Waals surface area contributed by atoms with Crippen molar-refractivity contribution in [2.75, 3.05) is 0 Å². The predicted molar refractivity (Wildman–Crippen MR) is 60.3 cm³/mol. The van der Waals surface area contributed by atoms with E-state index in [9.17, 15) is 18.3 Å². The Morgan fingerprint density at radius 1 is 1.29 bits per heavy atom. The molecule has 0 spiro atoms. The smallest absolute Gasteiger partial charge is 0.389 e. The molecule has 0 bridgehead atoms. The second kappa shape index (κ2) is 5.33. The van der Waals surface area contributed by atoms with Gasteiger partial charge in [-0.05, 0) is 18.6 Å². The van der Waals surface area contributed by atoms with Gasteiger partial charge < -0.3 is 10.8 Å². The first-order valence-corrected chi connectivity index (χ1v) is 5.46. The summed E-state index contributed by atoms with van der Waals surface area (Å²) >= 11 is 11.3. The largest absolute Gasteiger partial charge is 0.506 e. The second-order valence-electron chi connectivity index (χ2n) is 3.59. The highest BCUT2D eigenvalue weighted by Crippen LogP contribution is 2.36. The molecule has 0 saturated carbocycles. The lowest BCUT2D eigenvalue weighted by Gasteiger charge is -2.16. The van der Waals surface area contributed by atoms with Gasteiger partial charge in [-0.2, -0.15) is 13.2 Å². The topological polar surface area (TPSA) is 46.2 Å². The zero-order chi connectivity index (χ0) is 13.2. The van der Waals surface area contributed by atoms with Crippen molar-refractivity contribution in [1.82, 2.24) is 0 Å². The van der Waals surface area contributed by atoms with Gasteiger partial charge in [-0.1, -0.05) is 23.2 Å². The standard InChI is InChI=1S/C10H10Cl2F3NO/c11-5-3-6(9(17)7(12)4-5)8(16)1-2-10(13,14)15/h3-4,8,17H,1-2,16H2/t8-/m1/s1. The minimum absolute atomic E-state index is 0.0324. The summed E-state index contributed by atoms with van der Waals surface area (Å²) in [4.78, 5) is 0. The maximum Gasteiger partial charge on any atom is 0.389 e. The van der Waals surface area contributed by atoms with Gasteiger partial charge in [0.1, 0.15) is 5.75 Å². The van der Waals surface area contributed by atoms with E-state index < -0.39 is 18.6 Å². The number of benzene rings is 1. The molecule has 0 aromatic heterocycles. The molecule has 1 atom stereocenters. The summed E-state index contributed by atoms with van der Waals surface area (Å²) in [5.41, 5.74) is 5.68. The minimum Gasteiger partial charge on any atom is -0.506 e. The van der Waals surface area contributed by atoms with Crippen LogP contribution in [-0.2, 0) is 0 Å². The van der Waals surface area contributed by atoms with Crippen molar-refractivity contribution < 1.29 is 18.3 Å². The van der Waals surface area contributed by atoms with Crippen LogP contribution in [-0.4, -0.2) is 11.3 Å². The van der Waals surface area contributed by atoms with Gasteiger partial charge in [0.2, 0.25) is 0 Å². The van der Waals surface area contributed by atoms with E-state index in [1.54, 1.807) is 0 Å². The van der Waals surface area contributed by atoms with Crippen molar-refractivity contribution in [3.63, 3.8) is 0 Å². The minimum atomic E-state index is -4.28. The Morgan fingerprint density at radius 2 is 1.88 bits per heavy atom. The molecule has 1 aromatic carbocycles. The van der Waals surface area contributed by atoms with Crippen molar-refractivity contribution in [3.05, 3.63) is 27.7 Å². The van der Waals surface area contributed by atoms with Crippen molar-refractivity contribution in [1.29, 1.82) is 0 Å². The van der Waals surface area contributed by atoms with Gasteiger partial charge in [-0.25, -0.2) is 0 Å². The first-order chi connectivity index (χ1) is 7.70. The van der Waals surface area contributed by atoms with E-state index in [0.717, 1.165) is 0 Å². The second-order valence-corrected chi connectivity index (χ2v) is 4.43. The molecular weight excluding hydrogens is 278 g/mol. The third kappa shape index (κ3) is 4.26. The van der Waals surface area contributed by atoms with Crippen LogP contribution in [0.5, 0.6) is 5.75 Å². The molecule has 0 fully saturated rings. The molecule has 0 aliphatic heterocycles. The maximum atomic E-state index is 12.0. The fourth-order valence-electron chi connectivity index (χ4n) is 1.34. The zero-order valence-electron chi connectivity index (χ0n) is 8.56. The number of halogens is 5. The van der Waals surface area contributed by atoms with Crippen LogP contribution in [0, 0.1) is 0 Å². The average molecular weight is 288 g/mol. The number of hydrogen-bond donors (Lipinski definition) is 2. The average Bonchev–Trinajstić information content (AvgIpc) is 2.19. The van der Waals surface area contributed by atoms with Crippen molar-refractivity contribution in [2.24, 2.45) is 5.73 Å². The molecule has 1 rings (SSSR count). The van der Waals surface area contributed by atoms with E-state index >= 15 is 0 Å². The molecule has 17 heavy (non-hydrogen) atoms. The van der Waals surface area contributed by atoms with Crippen LogP contribution in [0.15, 0.2) is 12.1 Å². The van der Waals surface area contributed by atoms with Gasteiger partial charge in [0.05, 0.1) is 5.02 Å². The molecule has 2 nitrogen and oxygen atoms in total. The summed E-state index contributed by atoms with van der Waals surface area (Å²) < 4.78 is 36.1. The van der Waals surface area contributed by atoms with Crippen LogP contribution in [0.2, 0.25) is 10.0 Å². The van der Waals surface area contributed by atoms with E-state index in [-0.39, 0.29) is 27.8 Å². The summed E-state index contributed by atoms with van der Waals surface area (Å²) in [6, 6.07) is 1.63. The number of hydrogen-bond acceptors (Lipinski definition) is 2. The monoisotopic (exact) mass is 287 g/mol. The number of phenols is 1. The molecule has 1 aromatic rings. The summed E-state index contributed by atoms with van der Waals surface area (Å²) in [5.74, 6) is -0.328. The molecule has 0 heterocycles. The molecule has 7 heteroatoms. The van der Waals surface area contributed by atoms with Gasteiger partial charge in [-0.15, -0.1) is 0 Å². The summed E-state index contributed by atoms with van der Waals surface area (Å²) in [6.07, 6.45) is -5.65. The number of alkyl halides is 3. The predicted octanol–water partition coefficient (Wildman–Crippen LogP) is 4.04. The lowest BCUT2D eigenvalue weighted by atomic mass is 10.0. The highest BCUT2D eigenvalue weighted by Gasteiger charge is 2.28. The fourth-order valence-corrected chi connectivity index (χ4v) is 1.85. The van der Waals surface area contributed by atoms with Crippen molar-refractivity contribution >= 4 is 23.2 Å². The van der Waals surface area contributed by atoms with E-state index in [4.69, 9.17) is 28.9 Å². The van der Waals surface area contributed by atoms with Gasteiger partial charge >= 0.3 is 6.18 Å². The fraction of sp³-hybridized carbons (Fsp3) is 0.400. The highest BCUT2D eigenvalue weighted by molar-refractivity contribution is 6.35. The van der Waals surface area contributed by atoms with Crippen LogP contribution in [0.1, 0.15) is 24.4 Å². The van der Waals surface area contributed by atoms with E-state index in [0.29, 0.717) is 0 Å². The van der Waals surface area contributed by atoms with Crippen LogP contribution in [0.4, 0.5) is 13.2 Å². The Kier molecular flexibility index (Phi) is 4.52. The Morgan fingerprint density at radius 3 is 2.41 bits per heavy atom. The van der Waals surface area contributed by atoms with Gasteiger partial charge in [0.15, 0.2) is 0 Å². The molecule has 3 N–H and O–H groups in total. The number of aromatic hydroxyl groups is 1. The molecule has 0 unspecified atom stereocenters. The van der Waals surface area contributed by atoms with Crippen molar-refractivity contribution in [3.8, 4) is 5.75 Å². The maximum absolute atomic E-state index is 12.0. The quantitative estimate of drug-likeness (QED) is 0.881. The van der Waals surface area contributed by atoms with E-state index in [2.05, 4.69) is 0 Å². The first kappa shape index (κ1) is 14.4. The van der Waals surface area contributed by atoms with Crippen LogP contribution < -0.4 is 5.73 Å². The molecule has 0 radical (unpaired) electrons. The number of phenolic OH excluding ortho intramolecular Hbond substituents is 1. The Labute approximate surface area is 106 Å². The Balaban J connectivity index is 2.85. The molecule has 96 valence electrons. The Hall–Kier alpha value is -0.650. The zero-order valence-corrected chi connectivity index (χ0v) is 10.1. The third-order valence-corrected chi connectivity index (χ3v) is 2.70. The molecule has 0 saturated heterocycles. The van der Waals surface area contributed by atoms with Crippen molar-refractivity contribution in [2.45, 2.75) is 25.1 Å². The van der Waals surface area contributed by atoms with Crippen LogP contribution >= 0.6 is 23.2 Å². The highest BCUT2D eigenvalue weighted by atomic mass is 35.5. The molecule has 0 aliphatic carbocycles. The number of nitrogens with two attached hydrogens (primary N) is 1. The number of rotatable bonds is 3. The van der Waals surface area contributed by atoms with E-state index in [1.165, 1.54) is 12.1 Å². The lowest BCUT2D eigenvalue weighted by molar-refractivity contribution is -0.136. The van der Waals surface area contributed by atoms with Crippen LogP contribution in [0.25, 0.3) is 0 Å². The summed E-state index contributed by atoms with van der Waals surface area (Å²) in [7, 11) is 0. The van der Waals surface area contributed by atoms with Crippen LogP contribution in [0.3, 0.4) is 0 Å². The summed E-state index contributed by atoms with van der Waals surface area (Å²) in [5, 5.41) is 9.75. The van der Waals surface area contributed by atoms with Gasteiger partial charge in [-0.3, -0.25) is 0 Å². The molecule has 0 amide bonds. The molecular formula is C10H10Cl2F3NO. The Bertz CT molecular complexity index is 409. The lowest BCUT2D eigenvalue weighted by Crippen LogP contribution is -2.16. The van der Waals surface area contributed by atoms with E-state index in [1.807, 2.05) is 0 Å². The normalized spacial score (nSPS) is 13.8.